The van der Waals surface area contributed by atoms with Gasteiger partial charge in [-0.3, -0.25) is 14.9 Å². The van der Waals surface area contributed by atoms with E-state index in [-0.39, 0.29) is 32.0 Å². The number of carboxylic acids is 1. The summed E-state index contributed by atoms with van der Waals surface area (Å²) < 4.78 is 10.3. The van der Waals surface area contributed by atoms with Gasteiger partial charge in [0.05, 0.1) is 6.61 Å². The van der Waals surface area contributed by atoms with E-state index in [1.165, 1.54) is 0 Å². The first-order chi connectivity index (χ1) is 16.3. The summed E-state index contributed by atoms with van der Waals surface area (Å²) in [6.45, 7) is 3.22. The maximum Gasteiger partial charge on any atom is 0.408 e. The molecule has 0 heterocycles. The van der Waals surface area contributed by atoms with Crippen LogP contribution < -0.4 is 10.6 Å². The predicted octanol–water partition coefficient (Wildman–Crippen LogP) is 2.83. The molecule has 180 valence electrons. The molecule has 0 aliphatic heterocycles. The van der Waals surface area contributed by atoms with E-state index in [9.17, 15) is 19.2 Å². The van der Waals surface area contributed by atoms with Gasteiger partial charge in [-0.2, -0.15) is 0 Å². The van der Waals surface area contributed by atoms with Gasteiger partial charge < -0.3 is 19.9 Å². The second-order valence-electron chi connectivity index (χ2n) is 8.00. The Hall–Kier alpha value is -3.88. The normalized spacial score (nSPS) is 13.7. The lowest BCUT2D eigenvalue weighted by atomic mass is 9.98. The van der Waals surface area contributed by atoms with Crippen LogP contribution in [0.15, 0.2) is 48.5 Å². The number of hydrogen-bond donors (Lipinski definition) is 3. The number of fused-ring (bicyclic) bond motifs is 3. The van der Waals surface area contributed by atoms with Crippen LogP contribution in [0.1, 0.15) is 43.7 Å². The van der Waals surface area contributed by atoms with Crippen molar-refractivity contribution in [2.45, 2.75) is 44.7 Å². The molecule has 1 aliphatic carbocycles. The molecule has 0 saturated heterocycles. The molecule has 2 aromatic rings. The standard InChI is InChI=1S/C25H28N2O7/c1-3-33-24(31)22(23(30)26-15(2)12-13-21(28)29)27-25(32)34-14-20-18-10-6-4-8-16(18)17-9-5-7-11-19(17)20/h4-11,15,20,22H,3,12-14H2,1-2H3,(H,26,30)(H,27,32)(H,28,29). The second-order valence-corrected chi connectivity index (χ2v) is 8.00. The highest BCUT2D eigenvalue weighted by atomic mass is 16.6. The molecule has 1 aliphatic rings. The van der Waals surface area contributed by atoms with Crippen molar-refractivity contribution in [3.05, 3.63) is 59.7 Å². The summed E-state index contributed by atoms with van der Waals surface area (Å²) in [5.41, 5.74) is 4.21. The summed E-state index contributed by atoms with van der Waals surface area (Å²) in [7, 11) is 0. The van der Waals surface area contributed by atoms with Crippen LogP contribution in [0.2, 0.25) is 0 Å². The van der Waals surface area contributed by atoms with Gasteiger partial charge in [0.15, 0.2) is 0 Å². The number of benzene rings is 2. The number of ether oxygens (including phenoxy) is 2. The van der Waals surface area contributed by atoms with Crippen molar-refractivity contribution in [2.24, 2.45) is 0 Å². The molecule has 0 bridgehead atoms. The molecular formula is C25H28N2O7. The zero-order valence-electron chi connectivity index (χ0n) is 19.1. The monoisotopic (exact) mass is 468 g/mol. The third-order valence-corrected chi connectivity index (χ3v) is 5.57. The van der Waals surface area contributed by atoms with E-state index >= 15 is 0 Å². The minimum atomic E-state index is -1.62. The molecule has 9 heteroatoms. The SMILES string of the molecule is CCOC(=O)C(NC(=O)OCC1c2ccccc2-c2ccccc21)C(=O)NC(C)CCC(=O)O. The number of nitrogens with one attached hydrogen (secondary N) is 2. The number of aliphatic carboxylic acids is 1. The smallest absolute Gasteiger partial charge is 0.408 e. The Kier molecular flexibility index (Phi) is 8.24. The van der Waals surface area contributed by atoms with Gasteiger partial charge in [-0.1, -0.05) is 48.5 Å². The molecule has 9 nitrogen and oxygen atoms in total. The first-order valence-corrected chi connectivity index (χ1v) is 11.1. The predicted molar refractivity (Wildman–Crippen MR) is 123 cm³/mol. The molecule has 0 fully saturated rings. The third kappa shape index (κ3) is 5.92. The summed E-state index contributed by atoms with van der Waals surface area (Å²) in [5.74, 6) is -2.91. The molecular weight excluding hydrogens is 440 g/mol. The number of esters is 1. The zero-order chi connectivity index (χ0) is 24.7. The number of hydrogen-bond acceptors (Lipinski definition) is 6. The van der Waals surface area contributed by atoms with E-state index in [4.69, 9.17) is 14.6 Å². The number of amides is 2. The van der Waals surface area contributed by atoms with E-state index in [1.54, 1.807) is 13.8 Å². The zero-order valence-corrected chi connectivity index (χ0v) is 19.1. The maximum atomic E-state index is 12.6. The Labute approximate surface area is 197 Å². The molecule has 0 aromatic heterocycles. The number of carbonyl (C=O) groups is 4. The fourth-order valence-electron chi connectivity index (χ4n) is 3.95. The highest BCUT2D eigenvalue weighted by molar-refractivity contribution is 6.04. The Balaban J connectivity index is 1.65. The lowest BCUT2D eigenvalue weighted by Gasteiger charge is -2.20. The molecule has 2 aromatic carbocycles. The summed E-state index contributed by atoms with van der Waals surface area (Å²) in [5, 5.41) is 13.6. The van der Waals surface area contributed by atoms with Crippen LogP contribution in [0, 0.1) is 0 Å². The van der Waals surface area contributed by atoms with E-state index in [0.29, 0.717) is 0 Å². The van der Waals surface area contributed by atoms with Crippen molar-refractivity contribution in [3.8, 4) is 11.1 Å². The second kappa shape index (κ2) is 11.3. The molecule has 34 heavy (non-hydrogen) atoms. The van der Waals surface area contributed by atoms with Crippen LogP contribution in [0.4, 0.5) is 4.79 Å². The molecule has 0 radical (unpaired) electrons. The molecule has 0 saturated carbocycles. The van der Waals surface area contributed by atoms with Crippen LogP contribution >= 0.6 is 0 Å². The first-order valence-electron chi connectivity index (χ1n) is 11.1. The average Bonchev–Trinajstić information content (AvgIpc) is 3.13. The van der Waals surface area contributed by atoms with Gasteiger partial charge in [-0.15, -0.1) is 0 Å². The largest absolute Gasteiger partial charge is 0.481 e. The minimum absolute atomic E-state index is 0.0174. The molecule has 3 N–H and O–H groups in total. The van der Waals surface area contributed by atoms with Gasteiger partial charge in [0.2, 0.25) is 6.04 Å². The minimum Gasteiger partial charge on any atom is -0.481 e. The first kappa shape index (κ1) is 24.8. The Morgan fingerprint density at radius 2 is 1.53 bits per heavy atom. The fraction of sp³-hybridized carbons (Fsp3) is 0.360. The van der Waals surface area contributed by atoms with Crippen LogP contribution in [0.3, 0.4) is 0 Å². The number of alkyl carbamates (subject to hydrolysis) is 1. The van der Waals surface area contributed by atoms with Crippen LogP contribution in [0.5, 0.6) is 0 Å². The van der Waals surface area contributed by atoms with E-state index < -0.39 is 36.0 Å². The van der Waals surface area contributed by atoms with Crippen LogP contribution in [-0.4, -0.2) is 54.3 Å². The Morgan fingerprint density at radius 3 is 2.09 bits per heavy atom. The van der Waals surface area contributed by atoms with E-state index in [1.807, 2.05) is 48.5 Å². The summed E-state index contributed by atoms with van der Waals surface area (Å²) in [6, 6.07) is 13.6. The lowest BCUT2D eigenvalue weighted by Crippen LogP contribution is -2.54. The molecule has 2 amide bonds. The average molecular weight is 469 g/mol. The van der Waals surface area contributed by atoms with Crippen molar-refractivity contribution in [1.82, 2.24) is 10.6 Å². The van der Waals surface area contributed by atoms with Gasteiger partial charge in [-0.05, 0) is 42.5 Å². The van der Waals surface area contributed by atoms with E-state index in [2.05, 4.69) is 10.6 Å². The number of rotatable bonds is 10. The van der Waals surface area contributed by atoms with Crippen molar-refractivity contribution in [3.63, 3.8) is 0 Å². The van der Waals surface area contributed by atoms with Crippen molar-refractivity contribution >= 4 is 23.9 Å². The third-order valence-electron chi connectivity index (χ3n) is 5.57. The summed E-state index contributed by atoms with van der Waals surface area (Å²) >= 11 is 0. The lowest BCUT2D eigenvalue weighted by molar-refractivity contribution is -0.149. The quantitative estimate of drug-likeness (QED) is 0.361. The van der Waals surface area contributed by atoms with Crippen molar-refractivity contribution in [2.75, 3.05) is 13.2 Å². The number of carbonyl (C=O) groups excluding carboxylic acids is 3. The summed E-state index contributed by atoms with van der Waals surface area (Å²) in [4.78, 5) is 48.2. The van der Waals surface area contributed by atoms with Gasteiger partial charge >= 0.3 is 18.0 Å². The highest BCUT2D eigenvalue weighted by Crippen LogP contribution is 2.44. The van der Waals surface area contributed by atoms with Crippen molar-refractivity contribution < 1.29 is 33.8 Å². The van der Waals surface area contributed by atoms with Gasteiger partial charge in [0, 0.05) is 18.4 Å². The van der Waals surface area contributed by atoms with Crippen molar-refractivity contribution in [1.29, 1.82) is 0 Å². The Bertz CT molecular complexity index is 1020. The Morgan fingerprint density at radius 1 is 0.941 bits per heavy atom. The highest BCUT2D eigenvalue weighted by Gasteiger charge is 2.33. The molecule has 0 spiro atoms. The van der Waals surface area contributed by atoms with Crippen LogP contribution in [-0.2, 0) is 23.9 Å². The molecule has 2 unspecified atom stereocenters. The topological polar surface area (TPSA) is 131 Å². The van der Waals surface area contributed by atoms with Crippen LogP contribution in [0.25, 0.3) is 11.1 Å². The molecule has 3 rings (SSSR count). The van der Waals surface area contributed by atoms with Gasteiger partial charge in [0.1, 0.15) is 6.61 Å². The number of carboxylic acid groups (broad SMARTS) is 1. The fourth-order valence-corrected chi connectivity index (χ4v) is 3.95. The molecule has 2 atom stereocenters. The maximum absolute atomic E-state index is 12.6. The summed E-state index contributed by atoms with van der Waals surface area (Å²) in [6.07, 6.45) is -0.916. The van der Waals surface area contributed by atoms with Gasteiger partial charge in [0.25, 0.3) is 5.91 Å². The van der Waals surface area contributed by atoms with Gasteiger partial charge in [-0.25, -0.2) is 9.59 Å². The van der Waals surface area contributed by atoms with E-state index in [0.717, 1.165) is 22.3 Å².